The van der Waals surface area contributed by atoms with E-state index < -0.39 is 17.7 Å². The quantitative estimate of drug-likeness (QED) is 0.774. The number of nitrogens with one attached hydrogen (secondary N) is 1. The van der Waals surface area contributed by atoms with E-state index in [1.807, 2.05) is 35.6 Å². The van der Waals surface area contributed by atoms with Gasteiger partial charge >= 0.3 is 5.97 Å². The van der Waals surface area contributed by atoms with Crippen LogP contribution in [0.1, 0.15) is 26.3 Å². The second-order valence-electron chi connectivity index (χ2n) is 4.39. The van der Waals surface area contributed by atoms with Crippen molar-refractivity contribution in [1.82, 2.24) is 0 Å². The molecule has 0 saturated carbocycles. The van der Waals surface area contributed by atoms with Gasteiger partial charge in [-0.2, -0.15) is 0 Å². The Labute approximate surface area is 134 Å². The summed E-state index contributed by atoms with van der Waals surface area (Å²) in [5.41, 5.74) is 1.12. The van der Waals surface area contributed by atoms with E-state index in [2.05, 4.69) is 5.32 Å². The minimum absolute atomic E-state index is 0.0650. The average Bonchev–Trinajstić information content (AvgIpc) is 2.41. The summed E-state index contributed by atoms with van der Waals surface area (Å²) in [6.45, 7) is 1.86. The number of carboxylic acid groups (broad SMARTS) is 1. The van der Waals surface area contributed by atoms with Crippen LogP contribution in [0, 0.1) is 16.3 Å². The molecule has 0 aliphatic heterocycles. The first-order chi connectivity index (χ1) is 9.90. The summed E-state index contributed by atoms with van der Waals surface area (Å²) in [5, 5.41) is 11.5. The predicted octanol–water partition coefficient (Wildman–Crippen LogP) is 3.69. The first-order valence-electron chi connectivity index (χ1n) is 5.99. The number of carbonyl (C=O) groups is 2. The van der Waals surface area contributed by atoms with Gasteiger partial charge in [0.25, 0.3) is 5.91 Å². The Morgan fingerprint density at radius 1 is 1.19 bits per heavy atom. The molecule has 0 aliphatic rings. The lowest BCUT2D eigenvalue weighted by Gasteiger charge is -2.10. The van der Waals surface area contributed by atoms with Crippen LogP contribution < -0.4 is 5.32 Å². The molecular weight excluding hydrogens is 388 g/mol. The maximum atomic E-state index is 13.3. The number of carboxylic acids is 1. The van der Waals surface area contributed by atoms with Gasteiger partial charge in [0.15, 0.2) is 0 Å². The molecule has 2 aromatic carbocycles. The molecule has 0 atom stereocenters. The van der Waals surface area contributed by atoms with Crippen LogP contribution in [0.3, 0.4) is 0 Å². The van der Waals surface area contributed by atoms with Gasteiger partial charge in [-0.15, -0.1) is 0 Å². The Balaban J connectivity index is 2.38. The number of aryl methyl sites for hydroxylation is 1. The van der Waals surface area contributed by atoms with Crippen molar-refractivity contribution in [3.8, 4) is 0 Å². The van der Waals surface area contributed by atoms with E-state index in [0.29, 0.717) is 5.56 Å². The molecule has 0 fully saturated rings. The number of hydrogen-bond acceptors (Lipinski definition) is 2. The molecule has 2 N–H and O–H groups in total. The SMILES string of the molecule is Cc1cccc(C(=O)Nc2cc(F)ccc2C(=O)O)c1I. The number of rotatable bonds is 3. The summed E-state index contributed by atoms with van der Waals surface area (Å²) in [6.07, 6.45) is 0. The molecule has 0 spiro atoms. The molecule has 0 unspecified atom stereocenters. The first kappa shape index (κ1) is 15.4. The third kappa shape index (κ3) is 3.38. The predicted molar refractivity (Wildman–Crippen MR) is 85.2 cm³/mol. The maximum absolute atomic E-state index is 13.3. The number of halogens is 2. The first-order valence-corrected chi connectivity index (χ1v) is 7.07. The Bertz CT molecular complexity index is 731. The zero-order chi connectivity index (χ0) is 15.6. The number of anilines is 1. The summed E-state index contributed by atoms with van der Waals surface area (Å²) >= 11 is 2.04. The molecule has 0 aliphatic carbocycles. The van der Waals surface area contributed by atoms with Crippen LogP contribution in [0.5, 0.6) is 0 Å². The van der Waals surface area contributed by atoms with Crippen molar-refractivity contribution in [2.45, 2.75) is 6.92 Å². The van der Waals surface area contributed by atoms with Gasteiger partial charge in [0.05, 0.1) is 16.8 Å². The van der Waals surface area contributed by atoms with Crippen LogP contribution in [-0.2, 0) is 0 Å². The topological polar surface area (TPSA) is 66.4 Å². The lowest BCUT2D eigenvalue weighted by atomic mass is 10.1. The number of carbonyl (C=O) groups excluding carboxylic acids is 1. The number of benzene rings is 2. The van der Waals surface area contributed by atoms with Crippen LogP contribution >= 0.6 is 22.6 Å². The molecule has 0 radical (unpaired) electrons. The highest BCUT2D eigenvalue weighted by Crippen LogP contribution is 2.21. The second-order valence-corrected chi connectivity index (χ2v) is 5.46. The standard InChI is InChI=1S/C15H11FINO3/c1-8-3-2-4-11(13(8)17)14(19)18-12-7-9(16)5-6-10(12)15(20)21/h2-7H,1H3,(H,18,19)(H,20,21). The smallest absolute Gasteiger partial charge is 0.337 e. The highest BCUT2D eigenvalue weighted by atomic mass is 127. The van der Waals surface area contributed by atoms with Crippen molar-refractivity contribution in [3.63, 3.8) is 0 Å². The Morgan fingerprint density at radius 3 is 2.57 bits per heavy atom. The zero-order valence-electron chi connectivity index (χ0n) is 11.0. The van der Waals surface area contributed by atoms with Gasteiger partial charge in [-0.05, 0) is 59.3 Å². The molecule has 0 heterocycles. The molecule has 4 nitrogen and oxygen atoms in total. The van der Waals surface area contributed by atoms with Gasteiger partial charge in [0, 0.05) is 3.57 Å². The molecule has 0 saturated heterocycles. The van der Waals surface area contributed by atoms with E-state index in [-0.39, 0.29) is 11.3 Å². The molecule has 2 aromatic rings. The normalized spacial score (nSPS) is 10.2. The highest BCUT2D eigenvalue weighted by molar-refractivity contribution is 14.1. The van der Waals surface area contributed by atoms with Gasteiger partial charge in [-0.1, -0.05) is 12.1 Å². The molecule has 2 rings (SSSR count). The van der Waals surface area contributed by atoms with Gasteiger partial charge in [0.2, 0.25) is 0 Å². The third-order valence-electron chi connectivity index (χ3n) is 2.90. The molecule has 108 valence electrons. The van der Waals surface area contributed by atoms with Crippen LogP contribution in [0.2, 0.25) is 0 Å². The Morgan fingerprint density at radius 2 is 1.90 bits per heavy atom. The minimum atomic E-state index is -1.23. The summed E-state index contributed by atoms with van der Waals surface area (Å²) < 4.78 is 14.0. The average molecular weight is 399 g/mol. The van der Waals surface area contributed by atoms with Crippen molar-refractivity contribution < 1.29 is 19.1 Å². The molecule has 6 heteroatoms. The van der Waals surface area contributed by atoms with E-state index in [1.54, 1.807) is 12.1 Å². The number of hydrogen-bond donors (Lipinski definition) is 2. The van der Waals surface area contributed by atoms with E-state index in [4.69, 9.17) is 5.11 Å². The lowest BCUT2D eigenvalue weighted by molar-refractivity contribution is 0.0698. The summed E-state index contributed by atoms with van der Waals surface area (Å²) in [4.78, 5) is 23.3. The summed E-state index contributed by atoms with van der Waals surface area (Å²) in [6, 6.07) is 8.37. The Kier molecular flexibility index (Phi) is 4.56. The zero-order valence-corrected chi connectivity index (χ0v) is 13.1. The van der Waals surface area contributed by atoms with E-state index in [0.717, 1.165) is 27.3 Å². The molecule has 0 bridgehead atoms. The molecule has 0 aromatic heterocycles. The fourth-order valence-electron chi connectivity index (χ4n) is 1.82. The lowest BCUT2D eigenvalue weighted by Crippen LogP contribution is -2.16. The van der Waals surface area contributed by atoms with Crippen LogP contribution in [-0.4, -0.2) is 17.0 Å². The van der Waals surface area contributed by atoms with Gasteiger partial charge in [0.1, 0.15) is 5.82 Å². The van der Waals surface area contributed by atoms with E-state index in [9.17, 15) is 14.0 Å². The van der Waals surface area contributed by atoms with Gasteiger partial charge < -0.3 is 10.4 Å². The fourth-order valence-corrected chi connectivity index (χ4v) is 2.42. The fraction of sp³-hybridized carbons (Fsp3) is 0.0667. The van der Waals surface area contributed by atoms with Crippen molar-refractivity contribution >= 4 is 40.2 Å². The third-order valence-corrected chi connectivity index (χ3v) is 4.33. The monoisotopic (exact) mass is 399 g/mol. The molecule has 21 heavy (non-hydrogen) atoms. The summed E-state index contributed by atoms with van der Waals surface area (Å²) in [5.74, 6) is -2.32. The minimum Gasteiger partial charge on any atom is -0.478 e. The highest BCUT2D eigenvalue weighted by Gasteiger charge is 2.16. The van der Waals surface area contributed by atoms with Crippen molar-refractivity contribution in [2.75, 3.05) is 5.32 Å². The van der Waals surface area contributed by atoms with E-state index >= 15 is 0 Å². The van der Waals surface area contributed by atoms with Crippen molar-refractivity contribution in [1.29, 1.82) is 0 Å². The van der Waals surface area contributed by atoms with Crippen molar-refractivity contribution in [2.24, 2.45) is 0 Å². The number of aromatic carboxylic acids is 1. The molecular formula is C15H11FINO3. The number of amides is 1. The maximum Gasteiger partial charge on any atom is 0.337 e. The summed E-state index contributed by atoms with van der Waals surface area (Å²) in [7, 11) is 0. The van der Waals surface area contributed by atoms with Crippen LogP contribution in [0.25, 0.3) is 0 Å². The Hall–Kier alpha value is -1.96. The van der Waals surface area contributed by atoms with E-state index in [1.165, 1.54) is 0 Å². The van der Waals surface area contributed by atoms with Crippen LogP contribution in [0.15, 0.2) is 36.4 Å². The van der Waals surface area contributed by atoms with Gasteiger partial charge in [-0.25, -0.2) is 9.18 Å². The van der Waals surface area contributed by atoms with Crippen molar-refractivity contribution in [3.05, 3.63) is 62.5 Å². The largest absolute Gasteiger partial charge is 0.478 e. The molecule has 1 amide bonds. The second kappa shape index (κ2) is 6.21. The van der Waals surface area contributed by atoms with Gasteiger partial charge in [-0.3, -0.25) is 4.79 Å². The van der Waals surface area contributed by atoms with Crippen LogP contribution in [0.4, 0.5) is 10.1 Å².